The molecule has 3 rings (SSSR count). The Morgan fingerprint density at radius 2 is 1.96 bits per heavy atom. The number of urea groups is 1. The van der Waals surface area contributed by atoms with E-state index in [1.165, 1.54) is 4.31 Å². The molecular weight excluding hydrogens is 368 g/mol. The standard InChI is InChI=1S/C18H24N4O4S/c1-13-11-22(12-14(2)26-13)27(24,25)8-7-19-18(23)21-16-9-15-5-3-4-6-17(15)20-10-16/h3-6,9-10,13-14H,7-8,11-12H2,1-2H3,(H2,19,21,23). The Hall–Kier alpha value is -2.23. The molecule has 2 atom stereocenters. The number of aromatic nitrogens is 1. The van der Waals surface area contributed by atoms with Gasteiger partial charge in [-0.15, -0.1) is 0 Å². The van der Waals surface area contributed by atoms with Crippen LogP contribution in [0.25, 0.3) is 10.9 Å². The molecule has 0 radical (unpaired) electrons. The van der Waals surface area contributed by atoms with Crippen molar-refractivity contribution in [2.75, 3.05) is 30.7 Å². The second kappa shape index (κ2) is 8.20. The molecular formula is C18H24N4O4S. The third-order valence-corrected chi connectivity index (χ3v) is 6.08. The van der Waals surface area contributed by atoms with Crippen LogP contribution < -0.4 is 10.6 Å². The lowest BCUT2D eigenvalue weighted by Gasteiger charge is -2.34. The zero-order valence-corrected chi connectivity index (χ0v) is 16.2. The van der Waals surface area contributed by atoms with Crippen molar-refractivity contribution in [3.8, 4) is 0 Å². The van der Waals surface area contributed by atoms with Crippen molar-refractivity contribution in [1.29, 1.82) is 0 Å². The number of sulfonamides is 1. The fourth-order valence-corrected chi connectivity index (χ4v) is 4.59. The quantitative estimate of drug-likeness (QED) is 0.808. The first kappa shape index (κ1) is 19.5. The van der Waals surface area contributed by atoms with Crippen LogP contribution in [0, 0.1) is 0 Å². The molecule has 0 spiro atoms. The predicted octanol–water partition coefficient (Wildman–Crippen LogP) is 1.80. The van der Waals surface area contributed by atoms with Gasteiger partial charge in [-0.3, -0.25) is 4.98 Å². The minimum absolute atomic E-state index is 0.0231. The number of anilines is 1. The van der Waals surface area contributed by atoms with E-state index in [1.807, 2.05) is 44.2 Å². The van der Waals surface area contributed by atoms with Crippen LogP contribution in [0.1, 0.15) is 13.8 Å². The van der Waals surface area contributed by atoms with Gasteiger partial charge in [-0.2, -0.15) is 4.31 Å². The zero-order valence-electron chi connectivity index (χ0n) is 15.4. The SMILES string of the molecule is CC1CN(S(=O)(=O)CCNC(=O)Nc2cnc3ccccc3c2)CC(C)O1. The van der Waals surface area contributed by atoms with E-state index in [9.17, 15) is 13.2 Å². The molecule has 2 amide bonds. The van der Waals surface area contributed by atoms with Crippen molar-refractivity contribution in [3.63, 3.8) is 0 Å². The van der Waals surface area contributed by atoms with Crippen molar-refractivity contribution in [2.24, 2.45) is 0 Å². The summed E-state index contributed by atoms with van der Waals surface area (Å²) in [7, 11) is -3.45. The molecule has 0 bridgehead atoms. The van der Waals surface area contributed by atoms with E-state index in [0.717, 1.165) is 10.9 Å². The molecule has 27 heavy (non-hydrogen) atoms. The number of hydrogen-bond donors (Lipinski definition) is 2. The van der Waals surface area contributed by atoms with Crippen LogP contribution >= 0.6 is 0 Å². The van der Waals surface area contributed by atoms with Crippen LogP contribution in [0.4, 0.5) is 10.5 Å². The van der Waals surface area contributed by atoms with E-state index in [2.05, 4.69) is 15.6 Å². The number of ether oxygens (including phenoxy) is 1. The number of pyridine rings is 1. The Bertz CT molecular complexity index is 908. The van der Waals surface area contributed by atoms with Gasteiger partial charge in [-0.1, -0.05) is 18.2 Å². The highest BCUT2D eigenvalue weighted by molar-refractivity contribution is 7.89. The van der Waals surface area contributed by atoms with E-state index in [0.29, 0.717) is 18.8 Å². The normalized spacial score (nSPS) is 21.1. The molecule has 1 aliphatic heterocycles. The molecule has 9 heteroatoms. The van der Waals surface area contributed by atoms with Crippen molar-refractivity contribution in [3.05, 3.63) is 36.5 Å². The lowest BCUT2D eigenvalue weighted by atomic mass is 10.2. The van der Waals surface area contributed by atoms with Gasteiger partial charge in [0.2, 0.25) is 10.0 Å². The Morgan fingerprint density at radius 1 is 1.26 bits per heavy atom. The predicted molar refractivity (Wildman–Crippen MR) is 104 cm³/mol. The van der Waals surface area contributed by atoms with E-state index in [-0.39, 0.29) is 24.5 Å². The summed E-state index contributed by atoms with van der Waals surface area (Å²) in [5.41, 5.74) is 1.38. The molecule has 1 aromatic carbocycles. The Kier molecular flexibility index (Phi) is 5.93. The summed E-state index contributed by atoms with van der Waals surface area (Å²) in [5, 5.41) is 6.17. The van der Waals surface area contributed by atoms with E-state index >= 15 is 0 Å². The largest absolute Gasteiger partial charge is 0.373 e. The fraction of sp³-hybridized carbons (Fsp3) is 0.444. The van der Waals surface area contributed by atoms with Crippen LogP contribution in [0.2, 0.25) is 0 Å². The van der Waals surface area contributed by atoms with Crippen molar-refractivity contribution < 1.29 is 17.9 Å². The number of fused-ring (bicyclic) bond motifs is 1. The summed E-state index contributed by atoms with van der Waals surface area (Å²) in [6, 6.07) is 8.93. The number of nitrogens with one attached hydrogen (secondary N) is 2. The Labute approximate surface area is 159 Å². The lowest BCUT2D eigenvalue weighted by molar-refractivity contribution is -0.0440. The molecule has 1 fully saturated rings. The average Bonchev–Trinajstić information content (AvgIpc) is 2.60. The summed E-state index contributed by atoms with van der Waals surface area (Å²) in [4.78, 5) is 16.3. The van der Waals surface area contributed by atoms with Crippen LogP contribution in [0.15, 0.2) is 36.5 Å². The number of para-hydroxylation sites is 1. The number of morpholine rings is 1. The summed E-state index contributed by atoms with van der Waals surface area (Å²) in [5.74, 6) is -0.157. The number of rotatable bonds is 5. The second-order valence-electron chi connectivity index (χ2n) is 6.69. The maximum absolute atomic E-state index is 12.5. The summed E-state index contributed by atoms with van der Waals surface area (Å²) in [6.07, 6.45) is 1.29. The molecule has 1 saturated heterocycles. The molecule has 1 aliphatic rings. The molecule has 0 saturated carbocycles. The maximum Gasteiger partial charge on any atom is 0.319 e. The second-order valence-corrected chi connectivity index (χ2v) is 8.78. The van der Waals surface area contributed by atoms with Gasteiger partial charge in [0.15, 0.2) is 0 Å². The van der Waals surface area contributed by atoms with Gasteiger partial charge >= 0.3 is 6.03 Å². The molecule has 1 aromatic heterocycles. The third kappa shape index (κ3) is 5.15. The van der Waals surface area contributed by atoms with Crippen LogP contribution in [0.3, 0.4) is 0 Å². The number of carbonyl (C=O) groups excluding carboxylic acids is 1. The van der Waals surface area contributed by atoms with Crippen LogP contribution in [-0.4, -0.2) is 61.3 Å². The zero-order chi connectivity index (χ0) is 19.4. The maximum atomic E-state index is 12.5. The highest BCUT2D eigenvalue weighted by Crippen LogP contribution is 2.16. The topological polar surface area (TPSA) is 101 Å². The summed E-state index contributed by atoms with van der Waals surface area (Å²) >= 11 is 0. The smallest absolute Gasteiger partial charge is 0.319 e. The fourth-order valence-electron chi connectivity index (χ4n) is 3.10. The van der Waals surface area contributed by atoms with Gasteiger partial charge in [0.1, 0.15) is 0 Å². The van der Waals surface area contributed by atoms with E-state index in [4.69, 9.17) is 4.74 Å². The highest BCUT2D eigenvalue weighted by atomic mass is 32.2. The average molecular weight is 392 g/mol. The molecule has 8 nitrogen and oxygen atoms in total. The molecule has 2 aromatic rings. The van der Waals surface area contributed by atoms with Gasteiger partial charge in [-0.05, 0) is 26.0 Å². The lowest BCUT2D eigenvalue weighted by Crippen LogP contribution is -2.49. The minimum Gasteiger partial charge on any atom is -0.373 e. The molecule has 0 aliphatic carbocycles. The molecule has 146 valence electrons. The monoisotopic (exact) mass is 392 g/mol. The highest BCUT2D eigenvalue weighted by Gasteiger charge is 2.30. The first-order chi connectivity index (χ1) is 12.8. The van der Waals surface area contributed by atoms with Crippen LogP contribution in [-0.2, 0) is 14.8 Å². The van der Waals surface area contributed by atoms with Gasteiger partial charge < -0.3 is 15.4 Å². The van der Waals surface area contributed by atoms with Crippen molar-refractivity contribution in [1.82, 2.24) is 14.6 Å². The minimum atomic E-state index is -3.45. The van der Waals surface area contributed by atoms with Gasteiger partial charge in [-0.25, -0.2) is 13.2 Å². The summed E-state index contributed by atoms with van der Waals surface area (Å²) < 4.78 is 31.9. The number of amides is 2. The number of carbonyl (C=O) groups is 1. The first-order valence-electron chi connectivity index (χ1n) is 8.86. The van der Waals surface area contributed by atoms with Gasteiger partial charge in [0.05, 0.1) is 35.4 Å². The Balaban J connectivity index is 1.51. The molecule has 2 N–H and O–H groups in total. The third-order valence-electron chi connectivity index (χ3n) is 4.27. The first-order valence-corrected chi connectivity index (χ1v) is 10.5. The van der Waals surface area contributed by atoms with Crippen molar-refractivity contribution >= 4 is 32.6 Å². The van der Waals surface area contributed by atoms with E-state index in [1.54, 1.807) is 6.20 Å². The van der Waals surface area contributed by atoms with Crippen LogP contribution in [0.5, 0.6) is 0 Å². The number of hydrogen-bond acceptors (Lipinski definition) is 5. The van der Waals surface area contributed by atoms with Gasteiger partial charge in [0.25, 0.3) is 0 Å². The Morgan fingerprint density at radius 3 is 2.70 bits per heavy atom. The number of nitrogens with zero attached hydrogens (tertiary/aromatic N) is 2. The molecule has 2 unspecified atom stereocenters. The molecule has 2 heterocycles. The van der Waals surface area contributed by atoms with Gasteiger partial charge in [0, 0.05) is 25.0 Å². The van der Waals surface area contributed by atoms with Crippen molar-refractivity contribution in [2.45, 2.75) is 26.1 Å². The van der Waals surface area contributed by atoms with E-state index < -0.39 is 16.1 Å². The summed E-state index contributed by atoms with van der Waals surface area (Å²) in [6.45, 7) is 4.39. The number of benzene rings is 1.